The number of benzene rings is 1. The number of thioether (sulfide) groups is 1. The molecule has 3 aromatic rings. The monoisotopic (exact) mass is 356 g/mol. The van der Waals surface area contributed by atoms with Gasteiger partial charge in [0.25, 0.3) is 0 Å². The Labute approximate surface area is 150 Å². The van der Waals surface area contributed by atoms with E-state index in [1.165, 1.54) is 11.1 Å². The zero-order valence-electron chi connectivity index (χ0n) is 13.7. The van der Waals surface area contributed by atoms with E-state index < -0.39 is 0 Å². The third-order valence-electron chi connectivity index (χ3n) is 4.47. The third-order valence-corrected chi connectivity index (χ3v) is 5.72. The van der Waals surface area contributed by atoms with Crippen LogP contribution in [-0.4, -0.2) is 31.8 Å². The molecule has 4 nitrogen and oxygen atoms in total. The Bertz CT molecular complexity index is 785. The first-order valence-electron chi connectivity index (χ1n) is 8.20. The number of nitrogens with zero attached hydrogens (tertiary/aromatic N) is 4. The highest BCUT2D eigenvalue weighted by molar-refractivity contribution is 7.98. The largest absolute Gasteiger partial charge is 0.249 e. The van der Waals surface area contributed by atoms with E-state index >= 15 is 0 Å². The van der Waals surface area contributed by atoms with Crippen LogP contribution in [0.2, 0.25) is 0 Å². The van der Waals surface area contributed by atoms with Gasteiger partial charge in [-0.15, -0.1) is 11.3 Å². The molecule has 0 spiro atoms. The van der Waals surface area contributed by atoms with Crippen molar-refractivity contribution in [1.82, 2.24) is 19.7 Å². The molecule has 0 radical (unpaired) electrons. The molecule has 24 heavy (non-hydrogen) atoms. The van der Waals surface area contributed by atoms with Gasteiger partial charge in [0.05, 0.1) is 23.7 Å². The molecule has 4 rings (SSSR count). The van der Waals surface area contributed by atoms with E-state index in [1.807, 2.05) is 17.3 Å². The van der Waals surface area contributed by atoms with E-state index in [2.05, 4.69) is 45.6 Å². The normalized spacial score (nSPS) is 14.2. The van der Waals surface area contributed by atoms with Gasteiger partial charge in [0.15, 0.2) is 5.82 Å². The van der Waals surface area contributed by atoms with Gasteiger partial charge in [0, 0.05) is 17.6 Å². The maximum absolute atomic E-state index is 4.86. The Morgan fingerprint density at radius 2 is 2.04 bits per heavy atom. The van der Waals surface area contributed by atoms with E-state index in [9.17, 15) is 0 Å². The third kappa shape index (κ3) is 3.26. The van der Waals surface area contributed by atoms with Crippen LogP contribution in [-0.2, 0) is 25.7 Å². The lowest BCUT2D eigenvalue weighted by atomic mass is 10.1. The molecule has 0 saturated carbocycles. The van der Waals surface area contributed by atoms with Crippen molar-refractivity contribution in [3.63, 3.8) is 0 Å². The Hall–Kier alpha value is -1.66. The van der Waals surface area contributed by atoms with Crippen LogP contribution in [0.25, 0.3) is 0 Å². The van der Waals surface area contributed by atoms with Crippen molar-refractivity contribution >= 4 is 23.1 Å². The van der Waals surface area contributed by atoms with Crippen LogP contribution < -0.4 is 0 Å². The summed E-state index contributed by atoms with van der Waals surface area (Å²) in [5.74, 6) is 3.07. The molecule has 1 aromatic carbocycles. The van der Waals surface area contributed by atoms with E-state index in [1.54, 1.807) is 11.3 Å². The maximum atomic E-state index is 4.86. The lowest BCUT2D eigenvalue weighted by Gasteiger charge is -2.12. The fourth-order valence-corrected chi connectivity index (χ4v) is 4.26. The molecule has 124 valence electrons. The predicted molar refractivity (Wildman–Crippen MR) is 99.9 cm³/mol. The van der Waals surface area contributed by atoms with Gasteiger partial charge in [-0.3, -0.25) is 0 Å². The molecule has 0 aliphatic heterocycles. The molecular formula is C18H20N4S2. The minimum Gasteiger partial charge on any atom is -0.249 e. The molecule has 0 fully saturated rings. The number of fused-ring (bicyclic) bond motifs is 1. The summed E-state index contributed by atoms with van der Waals surface area (Å²) in [6.45, 7) is 0. The highest BCUT2D eigenvalue weighted by Gasteiger charge is 2.26. The van der Waals surface area contributed by atoms with Crippen LogP contribution in [0, 0.1) is 0 Å². The first-order chi connectivity index (χ1) is 11.8. The predicted octanol–water partition coefficient (Wildman–Crippen LogP) is 3.57. The van der Waals surface area contributed by atoms with Crippen molar-refractivity contribution in [2.45, 2.75) is 31.7 Å². The van der Waals surface area contributed by atoms with Crippen molar-refractivity contribution in [2.75, 3.05) is 12.0 Å². The molecule has 2 aromatic heterocycles. The Kier molecular flexibility index (Phi) is 4.67. The summed E-state index contributed by atoms with van der Waals surface area (Å²) in [5.41, 5.74) is 5.86. The lowest BCUT2D eigenvalue weighted by molar-refractivity contribution is 0.455. The van der Waals surface area contributed by atoms with Gasteiger partial charge >= 0.3 is 0 Å². The molecule has 0 amide bonds. The highest BCUT2D eigenvalue weighted by atomic mass is 32.2. The van der Waals surface area contributed by atoms with Gasteiger partial charge in [-0.1, -0.05) is 24.3 Å². The molecule has 2 heterocycles. The minimum absolute atomic E-state index is 0.381. The van der Waals surface area contributed by atoms with Crippen LogP contribution in [0.4, 0.5) is 0 Å². The Morgan fingerprint density at radius 3 is 2.71 bits per heavy atom. The molecule has 1 aliphatic rings. The van der Waals surface area contributed by atoms with E-state index in [-0.39, 0.29) is 0 Å². The number of thiazole rings is 1. The standard InChI is InChI=1S/C18H20N4S2/c1-23-7-6-17-20-18(10-15-11-24-12-19-15)22(21-17)16-8-13-4-2-3-5-14(13)9-16/h2-5,11-12,16H,6-10H2,1H3. The molecule has 1 aliphatic carbocycles. The zero-order valence-corrected chi connectivity index (χ0v) is 15.3. The second kappa shape index (κ2) is 7.07. The molecule has 0 unspecified atom stereocenters. The maximum Gasteiger partial charge on any atom is 0.151 e. The van der Waals surface area contributed by atoms with Crippen molar-refractivity contribution in [1.29, 1.82) is 0 Å². The van der Waals surface area contributed by atoms with Gasteiger partial charge in [0.2, 0.25) is 0 Å². The topological polar surface area (TPSA) is 43.6 Å². The van der Waals surface area contributed by atoms with Crippen molar-refractivity contribution in [3.8, 4) is 0 Å². The number of aromatic nitrogens is 4. The number of hydrogen-bond donors (Lipinski definition) is 0. The van der Waals surface area contributed by atoms with Gasteiger partial charge in [0.1, 0.15) is 5.82 Å². The van der Waals surface area contributed by atoms with Crippen LogP contribution in [0.15, 0.2) is 35.2 Å². The highest BCUT2D eigenvalue weighted by Crippen LogP contribution is 2.30. The lowest BCUT2D eigenvalue weighted by Crippen LogP contribution is -2.15. The molecule has 0 atom stereocenters. The van der Waals surface area contributed by atoms with Crippen molar-refractivity contribution in [3.05, 3.63) is 63.6 Å². The summed E-state index contributed by atoms with van der Waals surface area (Å²) in [7, 11) is 0. The zero-order chi connectivity index (χ0) is 16.4. The van der Waals surface area contributed by atoms with E-state index in [0.29, 0.717) is 6.04 Å². The molecule has 6 heteroatoms. The second-order valence-electron chi connectivity index (χ2n) is 6.12. The van der Waals surface area contributed by atoms with Crippen molar-refractivity contribution < 1.29 is 0 Å². The van der Waals surface area contributed by atoms with Crippen LogP contribution in [0.1, 0.15) is 34.5 Å². The van der Waals surface area contributed by atoms with Gasteiger partial charge < -0.3 is 0 Å². The van der Waals surface area contributed by atoms with Gasteiger partial charge in [-0.25, -0.2) is 14.6 Å². The average molecular weight is 357 g/mol. The SMILES string of the molecule is CSCCc1nc(Cc2cscn2)n(C2Cc3ccccc3C2)n1. The fourth-order valence-electron chi connectivity index (χ4n) is 3.31. The second-order valence-corrected chi connectivity index (χ2v) is 7.82. The fraction of sp³-hybridized carbons (Fsp3) is 0.389. The Balaban J connectivity index is 1.62. The Morgan fingerprint density at radius 1 is 1.25 bits per heavy atom. The molecule has 0 bridgehead atoms. The molecular weight excluding hydrogens is 336 g/mol. The number of aryl methyl sites for hydroxylation is 1. The van der Waals surface area contributed by atoms with Crippen LogP contribution in [0.3, 0.4) is 0 Å². The quantitative estimate of drug-likeness (QED) is 0.677. The minimum atomic E-state index is 0.381. The summed E-state index contributed by atoms with van der Waals surface area (Å²) in [6.07, 6.45) is 5.92. The smallest absolute Gasteiger partial charge is 0.151 e. The summed E-state index contributed by atoms with van der Waals surface area (Å²) in [6, 6.07) is 9.11. The molecule has 0 saturated heterocycles. The number of hydrogen-bond acceptors (Lipinski definition) is 5. The average Bonchev–Trinajstić information content (AvgIpc) is 3.32. The van der Waals surface area contributed by atoms with Gasteiger partial charge in [-0.05, 0) is 30.2 Å². The molecule has 0 N–H and O–H groups in total. The summed E-state index contributed by atoms with van der Waals surface area (Å²) in [5, 5.41) is 6.96. The van der Waals surface area contributed by atoms with Crippen molar-refractivity contribution in [2.24, 2.45) is 0 Å². The number of rotatable bonds is 6. The van der Waals surface area contributed by atoms with Gasteiger partial charge in [-0.2, -0.15) is 16.9 Å². The van der Waals surface area contributed by atoms with E-state index in [4.69, 9.17) is 10.1 Å². The van der Waals surface area contributed by atoms with E-state index in [0.717, 1.165) is 48.8 Å². The van der Waals surface area contributed by atoms with Crippen LogP contribution >= 0.6 is 23.1 Å². The summed E-state index contributed by atoms with van der Waals surface area (Å²) >= 11 is 3.47. The van der Waals surface area contributed by atoms with Crippen LogP contribution in [0.5, 0.6) is 0 Å². The summed E-state index contributed by atoms with van der Waals surface area (Å²) < 4.78 is 2.18. The summed E-state index contributed by atoms with van der Waals surface area (Å²) in [4.78, 5) is 9.26. The first-order valence-corrected chi connectivity index (χ1v) is 10.5. The first kappa shape index (κ1) is 15.8.